The highest BCUT2D eigenvalue weighted by Crippen LogP contribution is 2.10. The van der Waals surface area contributed by atoms with Crippen LogP contribution in [0.25, 0.3) is 0 Å². The molecule has 1 atom stereocenters. The second-order valence-electron chi connectivity index (χ2n) is 2.07. The van der Waals surface area contributed by atoms with E-state index in [0.717, 1.165) is 0 Å². The number of carbonyl (C=O) groups excluding carboxylic acids is 1. The van der Waals surface area contributed by atoms with Crippen LogP contribution in [-0.2, 0) is 14.3 Å². The first-order valence-electron chi connectivity index (χ1n) is 3.24. The highest BCUT2D eigenvalue weighted by atomic mass is 16.6. The van der Waals surface area contributed by atoms with E-state index in [1.807, 2.05) is 0 Å². The zero-order valence-electron chi connectivity index (χ0n) is 6.88. The molecule has 0 rings (SSSR count). The van der Waals surface area contributed by atoms with Crippen molar-refractivity contribution < 1.29 is 14.3 Å². The molecule has 4 nitrogen and oxygen atoms in total. The van der Waals surface area contributed by atoms with Crippen molar-refractivity contribution in [2.24, 2.45) is 0 Å². The lowest BCUT2D eigenvalue weighted by molar-refractivity contribution is -0.159. The third-order valence-corrected chi connectivity index (χ3v) is 1.22. The van der Waals surface area contributed by atoms with Crippen molar-refractivity contribution in [1.29, 1.82) is 5.26 Å². The Morgan fingerprint density at radius 2 is 2.27 bits per heavy atom. The van der Waals surface area contributed by atoms with Crippen molar-refractivity contribution in [1.82, 2.24) is 0 Å². The van der Waals surface area contributed by atoms with E-state index in [9.17, 15) is 4.79 Å². The molecule has 0 bridgehead atoms. The van der Waals surface area contributed by atoms with Crippen LogP contribution in [0.4, 0.5) is 0 Å². The van der Waals surface area contributed by atoms with Gasteiger partial charge in [-0.15, -0.1) is 0 Å². The fourth-order valence-corrected chi connectivity index (χ4v) is 0.620. The number of hydrogen-bond acceptors (Lipinski definition) is 4. The van der Waals surface area contributed by atoms with Gasteiger partial charge in [0.15, 0.2) is 0 Å². The summed E-state index contributed by atoms with van der Waals surface area (Å²) in [5, 5.41) is 8.54. The highest BCUT2D eigenvalue weighted by molar-refractivity contribution is 5.82. The fraction of sp³-hybridized carbons (Fsp3) is 0.714. The molecule has 0 radical (unpaired) electrons. The van der Waals surface area contributed by atoms with Crippen molar-refractivity contribution in [3.63, 3.8) is 0 Å². The van der Waals surface area contributed by atoms with Gasteiger partial charge in [-0.05, 0) is 13.8 Å². The summed E-state index contributed by atoms with van der Waals surface area (Å²) in [6.07, 6.45) is 0. The molecule has 0 saturated carbocycles. The van der Waals surface area contributed by atoms with Crippen LogP contribution in [0.3, 0.4) is 0 Å². The Morgan fingerprint density at radius 1 is 1.73 bits per heavy atom. The smallest absolute Gasteiger partial charge is 0.352 e. The van der Waals surface area contributed by atoms with Gasteiger partial charge in [0, 0.05) is 6.61 Å². The molecule has 11 heavy (non-hydrogen) atoms. The average Bonchev–Trinajstić information content (AvgIpc) is 2.03. The Hall–Kier alpha value is -1.08. The van der Waals surface area contributed by atoms with Crippen LogP contribution in [0.2, 0.25) is 0 Å². The van der Waals surface area contributed by atoms with Crippen LogP contribution < -0.4 is 0 Å². The van der Waals surface area contributed by atoms with Crippen LogP contribution in [-0.4, -0.2) is 25.3 Å². The molecule has 0 N–H and O–H groups in total. The van der Waals surface area contributed by atoms with Crippen molar-refractivity contribution >= 4 is 5.97 Å². The maximum Gasteiger partial charge on any atom is 0.352 e. The molecular formula is C7H11NO3. The maximum absolute atomic E-state index is 10.9. The number of esters is 1. The molecular weight excluding hydrogens is 146 g/mol. The summed E-state index contributed by atoms with van der Waals surface area (Å²) >= 11 is 0. The minimum Gasteiger partial charge on any atom is -0.466 e. The molecule has 0 saturated heterocycles. The van der Waals surface area contributed by atoms with E-state index in [2.05, 4.69) is 4.74 Å². The largest absolute Gasteiger partial charge is 0.466 e. The van der Waals surface area contributed by atoms with E-state index in [0.29, 0.717) is 6.61 Å². The number of hydrogen-bond donors (Lipinski definition) is 0. The topological polar surface area (TPSA) is 59.3 Å². The van der Waals surface area contributed by atoms with Crippen molar-refractivity contribution in [3.8, 4) is 6.07 Å². The van der Waals surface area contributed by atoms with E-state index >= 15 is 0 Å². The molecule has 0 aromatic rings. The fourth-order valence-electron chi connectivity index (χ4n) is 0.620. The normalized spacial score (nSPS) is 14.7. The van der Waals surface area contributed by atoms with Crippen molar-refractivity contribution in [2.45, 2.75) is 19.4 Å². The predicted octanol–water partition coefficient (Wildman–Crippen LogP) is 0.478. The average molecular weight is 157 g/mol. The van der Waals surface area contributed by atoms with Crippen molar-refractivity contribution in [3.05, 3.63) is 0 Å². The van der Waals surface area contributed by atoms with E-state index < -0.39 is 11.6 Å². The van der Waals surface area contributed by atoms with E-state index in [1.54, 1.807) is 13.0 Å². The number of rotatable bonds is 3. The van der Waals surface area contributed by atoms with Gasteiger partial charge in [0.1, 0.15) is 6.07 Å². The maximum atomic E-state index is 10.9. The summed E-state index contributed by atoms with van der Waals surface area (Å²) in [6.45, 7) is 3.39. The lowest BCUT2D eigenvalue weighted by Gasteiger charge is -2.17. The summed E-state index contributed by atoms with van der Waals surface area (Å²) in [6, 6.07) is 1.73. The van der Waals surface area contributed by atoms with Crippen LogP contribution in [0, 0.1) is 11.3 Å². The van der Waals surface area contributed by atoms with Gasteiger partial charge in [-0.25, -0.2) is 4.79 Å². The van der Waals surface area contributed by atoms with Gasteiger partial charge in [0.2, 0.25) is 5.60 Å². The summed E-state index contributed by atoms with van der Waals surface area (Å²) in [4.78, 5) is 10.9. The lowest BCUT2D eigenvalue weighted by Crippen LogP contribution is -2.37. The zero-order chi connectivity index (χ0) is 8.91. The third kappa shape index (κ3) is 2.20. The molecule has 0 spiro atoms. The van der Waals surface area contributed by atoms with E-state index in [4.69, 9.17) is 10.00 Å². The first kappa shape index (κ1) is 9.92. The molecule has 62 valence electrons. The second kappa shape index (κ2) is 3.94. The molecule has 0 heterocycles. The minimum absolute atomic E-state index is 0.305. The van der Waals surface area contributed by atoms with Gasteiger partial charge in [-0.3, -0.25) is 0 Å². The third-order valence-electron chi connectivity index (χ3n) is 1.22. The number of carbonyl (C=O) groups is 1. The molecule has 0 aliphatic rings. The molecule has 4 heteroatoms. The molecule has 0 aliphatic heterocycles. The number of nitriles is 1. The molecule has 0 aromatic heterocycles. The first-order valence-corrected chi connectivity index (χ1v) is 3.24. The quantitative estimate of drug-likeness (QED) is 0.559. The first-order chi connectivity index (χ1) is 5.10. The SMILES string of the molecule is CCOC(C)(C#N)C(=O)OC. The van der Waals surface area contributed by atoms with Gasteiger partial charge in [0.05, 0.1) is 7.11 Å². The summed E-state index contributed by atoms with van der Waals surface area (Å²) in [5.74, 6) is -0.665. The van der Waals surface area contributed by atoms with Gasteiger partial charge >= 0.3 is 5.97 Å². The Balaban J connectivity index is 4.36. The monoisotopic (exact) mass is 157 g/mol. The van der Waals surface area contributed by atoms with Crippen LogP contribution in [0.1, 0.15) is 13.8 Å². The van der Waals surface area contributed by atoms with Crippen LogP contribution >= 0.6 is 0 Å². The Kier molecular flexibility index (Phi) is 3.55. The van der Waals surface area contributed by atoms with Gasteiger partial charge < -0.3 is 9.47 Å². The number of nitrogens with zero attached hydrogens (tertiary/aromatic N) is 1. The molecule has 0 aliphatic carbocycles. The van der Waals surface area contributed by atoms with Crippen molar-refractivity contribution in [2.75, 3.05) is 13.7 Å². The molecule has 0 aromatic carbocycles. The minimum atomic E-state index is -1.45. The Bertz CT molecular complexity index is 185. The Labute approximate surface area is 65.7 Å². The summed E-state index contributed by atoms with van der Waals surface area (Å²) in [7, 11) is 1.22. The lowest BCUT2D eigenvalue weighted by atomic mass is 10.1. The second-order valence-corrected chi connectivity index (χ2v) is 2.07. The van der Waals surface area contributed by atoms with E-state index in [-0.39, 0.29) is 0 Å². The zero-order valence-corrected chi connectivity index (χ0v) is 6.88. The molecule has 1 unspecified atom stereocenters. The Morgan fingerprint density at radius 3 is 2.55 bits per heavy atom. The van der Waals surface area contributed by atoms with Crippen LogP contribution in [0.15, 0.2) is 0 Å². The molecule has 0 amide bonds. The summed E-state index contributed by atoms with van der Waals surface area (Å²) < 4.78 is 9.27. The van der Waals surface area contributed by atoms with E-state index in [1.165, 1.54) is 14.0 Å². The van der Waals surface area contributed by atoms with Crippen LogP contribution in [0.5, 0.6) is 0 Å². The standard InChI is InChI=1S/C7H11NO3/c1-4-11-7(2,5-8)6(9)10-3/h4H2,1-3H3. The number of ether oxygens (including phenoxy) is 2. The predicted molar refractivity (Wildman–Crippen MR) is 37.7 cm³/mol. The van der Waals surface area contributed by atoms with Gasteiger partial charge in [-0.2, -0.15) is 5.26 Å². The molecule has 0 fully saturated rings. The highest BCUT2D eigenvalue weighted by Gasteiger charge is 2.35. The summed E-state index contributed by atoms with van der Waals surface area (Å²) in [5.41, 5.74) is -1.45. The van der Waals surface area contributed by atoms with Gasteiger partial charge in [0.25, 0.3) is 0 Å². The van der Waals surface area contributed by atoms with Gasteiger partial charge in [-0.1, -0.05) is 0 Å². The number of methoxy groups -OCH3 is 1.